The molecule has 2 aliphatic heterocycles. The van der Waals surface area contributed by atoms with Crippen LogP contribution in [0.4, 0.5) is 4.79 Å². The van der Waals surface area contributed by atoms with Crippen molar-refractivity contribution in [2.24, 2.45) is 41.4 Å². The minimum atomic E-state index is -0.438. The maximum Gasteiger partial charge on any atom is 0.317 e. The largest absolute Gasteiger partial charge is 0.497 e. The van der Waals surface area contributed by atoms with Gasteiger partial charge in [0.2, 0.25) is 0 Å². The van der Waals surface area contributed by atoms with E-state index in [2.05, 4.69) is 17.5 Å². The molecule has 0 aromatic heterocycles. The van der Waals surface area contributed by atoms with Crippen LogP contribution in [0, 0.1) is 41.4 Å². The van der Waals surface area contributed by atoms with Gasteiger partial charge >= 0.3 is 6.03 Å². The molecule has 5 nitrogen and oxygen atoms in total. The van der Waals surface area contributed by atoms with E-state index in [1.807, 2.05) is 11.2 Å². The Morgan fingerprint density at radius 2 is 1.79 bits per heavy atom. The number of hydrogen-bond acceptors (Lipinski definition) is 3. The maximum atomic E-state index is 12.6. The molecule has 5 fully saturated rings. The van der Waals surface area contributed by atoms with Crippen LogP contribution in [0.25, 0.3) is 0 Å². The summed E-state index contributed by atoms with van der Waals surface area (Å²) in [6.45, 7) is 2.50. The van der Waals surface area contributed by atoms with Crippen LogP contribution in [-0.2, 0) is 9.47 Å². The van der Waals surface area contributed by atoms with E-state index in [0.717, 1.165) is 41.1 Å². The third-order valence-electron chi connectivity index (χ3n) is 10.6. The monoisotopic (exact) mass is 454 g/mol. The number of morpholine rings is 1. The summed E-state index contributed by atoms with van der Waals surface area (Å²) < 4.78 is 12.4. The number of carbonyl (C=O) groups excluding carboxylic acids is 1. The van der Waals surface area contributed by atoms with Crippen molar-refractivity contribution in [2.75, 3.05) is 33.4 Å². The van der Waals surface area contributed by atoms with Crippen molar-refractivity contribution >= 4 is 6.03 Å². The first kappa shape index (κ1) is 22.0. The smallest absolute Gasteiger partial charge is 0.317 e. The highest BCUT2D eigenvalue weighted by Gasteiger charge is 2.54. The Morgan fingerprint density at radius 3 is 2.58 bits per heavy atom. The number of urea groups is 1. The molecular formula is C28H42N2O3. The Balaban J connectivity index is 1.23. The molecule has 8 atom stereocenters. The van der Waals surface area contributed by atoms with Crippen molar-refractivity contribution in [1.82, 2.24) is 10.2 Å². The van der Waals surface area contributed by atoms with Crippen molar-refractivity contribution in [3.05, 3.63) is 24.0 Å². The van der Waals surface area contributed by atoms with E-state index in [0.29, 0.717) is 32.2 Å². The second-order valence-electron chi connectivity index (χ2n) is 11.8. The molecule has 33 heavy (non-hydrogen) atoms. The predicted octanol–water partition coefficient (Wildman–Crippen LogP) is 5.14. The van der Waals surface area contributed by atoms with Crippen LogP contribution in [-0.4, -0.2) is 49.9 Å². The van der Waals surface area contributed by atoms with Crippen LogP contribution in [0.15, 0.2) is 24.0 Å². The van der Waals surface area contributed by atoms with Gasteiger partial charge in [-0.25, -0.2) is 4.79 Å². The third kappa shape index (κ3) is 3.73. The minimum Gasteiger partial charge on any atom is -0.497 e. The molecule has 8 unspecified atom stereocenters. The van der Waals surface area contributed by atoms with E-state index >= 15 is 0 Å². The van der Waals surface area contributed by atoms with Gasteiger partial charge in [0, 0.05) is 19.2 Å². The summed E-state index contributed by atoms with van der Waals surface area (Å²) in [4.78, 5) is 14.5. The quantitative estimate of drug-likeness (QED) is 0.629. The predicted molar refractivity (Wildman–Crippen MR) is 128 cm³/mol. The fourth-order valence-corrected chi connectivity index (χ4v) is 9.28. The highest BCUT2D eigenvalue weighted by molar-refractivity contribution is 5.74. The van der Waals surface area contributed by atoms with Gasteiger partial charge in [-0.15, -0.1) is 0 Å². The molecule has 4 aliphatic carbocycles. The summed E-state index contributed by atoms with van der Waals surface area (Å²) in [6, 6.07) is 0.00602. The zero-order valence-electron chi connectivity index (χ0n) is 20.3. The fraction of sp³-hybridized carbons (Fsp3) is 0.821. The number of rotatable bonds is 2. The second kappa shape index (κ2) is 8.94. The average molecular weight is 455 g/mol. The number of carbonyl (C=O) groups is 1. The molecule has 0 radical (unpaired) electrons. The first-order valence-corrected chi connectivity index (χ1v) is 13.8. The Labute approximate surface area is 199 Å². The zero-order chi connectivity index (χ0) is 22.4. The highest BCUT2D eigenvalue weighted by atomic mass is 16.5. The van der Waals surface area contributed by atoms with Gasteiger partial charge in [-0.05, 0) is 98.9 Å². The molecule has 182 valence electrons. The normalized spacial score (nSPS) is 44.7. The van der Waals surface area contributed by atoms with Gasteiger partial charge in [0.15, 0.2) is 0 Å². The lowest BCUT2D eigenvalue weighted by Crippen LogP contribution is -2.60. The Bertz CT molecular complexity index is 809. The van der Waals surface area contributed by atoms with Gasteiger partial charge in [0.1, 0.15) is 12.2 Å². The number of ether oxygens (including phenoxy) is 2. The number of nitrogens with zero attached hydrogens (tertiary/aromatic N) is 1. The Morgan fingerprint density at radius 1 is 1.00 bits per heavy atom. The molecule has 1 saturated heterocycles. The lowest BCUT2D eigenvalue weighted by Gasteiger charge is -2.56. The van der Waals surface area contributed by atoms with Gasteiger partial charge in [0.05, 0.1) is 19.4 Å². The Kier molecular flexibility index (Phi) is 5.96. The molecule has 5 heteroatoms. The van der Waals surface area contributed by atoms with Crippen LogP contribution in [0.5, 0.6) is 0 Å². The summed E-state index contributed by atoms with van der Waals surface area (Å²) in [5, 5.41) is 2.84. The fourth-order valence-electron chi connectivity index (χ4n) is 9.28. The molecule has 0 bridgehead atoms. The van der Waals surface area contributed by atoms with Gasteiger partial charge in [-0.3, -0.25) is 0 Å². The SMILES string of the molecule is CNC(=O)N1CCOC(C2=COCC=C2)(C2CCC3C(CCC4C5CCCC5CCC34)C2)C1. The first-order chi connectivity index (χ1) is 16.2. The van der Waals surface area contributed by atoms with E-state index < -0.39 is 5.60 Å². The lowest BCUT2D eigenvalue weighted by atomic mass is 9.52. The van der Waals surface area contributed by atoms with Gasteiger partial charge < -0.3 is 19.7 Å². The summed E-state index contributed by atoms with van der Waals surface area (Å²) in [5.74, 6) is 6.29. The summed E-state index contributed by atoms with van der Waals surface area (Å²) >= 11 is 0. The van der Waals surface area contributed by atoms with E-state index in [1.165, 1.54) is 64.2 Å². The van der Waals surface area contributed by atoms with Gasteiger partial charge in [-0.1, -0.05) is 18.9 Å². The molecule has 0 spiro atoms. The molecule has 2 heterocycles. The number of amides is 2. The summed E-state index contributed by atoms with van der Waals surface area (Å²) in [7, 11) is 1.73. The van der Waals surface area contributed by atoms with Crippen LogP contribution < -0.4 is 5.32 Å². The first-order valence-electron chi connectivity index (χ1n) is 13.8. The molecule has 0 aromatic carbocycles. The minimum absolute atomic E-state index is 0.00602. The van der Waals surface area contributed by atoms with Gasteiger partial charge in [0.25, 0.3) is 0 Å². The molecular weight excluding hydrogens is 412 g/mol. The van der Waals surface area contributed by atoms with Crippen LogP contribution in [0.1, 0.15) is 64.2 Å². The molecule has 6 aliphatic rings. The standard InChI is InChI=1S/C28H42N2O3/c1-29-27(31)30-13-15-33-28(18-30,22-5-3-14-32-17-22)21-9-12-24-20(16-21)8-11-25-23-6-2-4-19(23)7-10-26(24)25/h3,5,17,19-21,23-26H,2,4,6-16,18H2,1H3,(H,29,31). The zero-order valence-corrected chi connectivity index (χ0v) is 20.3. The molecule has 1 N–H and O–H groups in total. The molecule has 4 saturated carbocycles. The van der Waals surface area contributed by atoms with E-state index in [9.17, 15) is 4.79 Å². The molecule has 2 amide bonds. The van der Waals surface area contributed by atoms with E-state index in [4.69, 9.17) is 9.47 Å². The average Bonchev–Trinajstić information content (AvgIpc) is 3.37. The van der Waals surface area contributed by atoms with Crippen molar-refractivity contribution in [2.45, 2.75) is 69.8 Å². The van der Waals surface area contributed by atoms with Crippen LogP contribution in [0.2, 0.25) is 0 Å². The highest BCUT2D eigenvalue weighted by Crippen LogP contribution is 2.59. The molecule has 0 aromatic rings. The van der Waals surface area contributed by atoms with E-state index in [-0.39, 0.29) is 6.03 Å². The summed E-state index contributed by atoms with van der Waals surface area (Å²) in [6.07, 6.45) is 20.4. The van der Waals surface area contributed by atoms with E-state index in [1.54, 1.807) is 7.05 Å². The lowest BCUT2D eigenvalue weighted by molar-refractivity contribution is -0.132. The third-order valence-corrected chi connectivity index (χ3v) is 10.6. The van der Waals surface area contributed by atoms with Gasteiger partial charge in [-0.2, -0.15) is 0 Å². The summed E-state index contributed by atoms with van der Waals surface area (Å²) in [5.41, 5.74) is 0.693. The number of hydrogen-bond donors (Lipinski definition) is 1. The van der Waals surface area contributed by atoms with Crippen molar-refractivity contribution in [1.29, 1.82) is 0 Å². The topological polar surface area (TPSA) is 50.8 Å². The van der Waals surface area contributed by atoms with Crippen molar-refractivity contribution in [3.63, 3.8) is 0 Å². The van der Waals surface area contributed by atoms with Crippen LogP contribution >= 0.6 is 0 Å². The maximum absolute atomic E-state index is 12.6. The van der Waals surface area contributed by atoms with Crippen molar-refractivity contribution < 1.29 is 14.3 Å². The Hall–Kier alpha value is -1.49. The number of nitrogens with one attached hydrogen (secondary N) is 1. The second-order valence-corrected chi connectivity index (χ2v) is 11.8. The molecule has 6 rings (SSSR count). The van der Waals surface area contributed by atoms with Crippen LogP contribution in [0.3, 0.4) is 0 Å². The van der Waals surface area contributed by atoms with Crippen molar-refractivity contribution in [3.8, 4) is 0 Å². The number of fused-ring (bicyclic) bond motifs is 5.